The van der Waals surface area contributed by atoms with E-state index in [0.29, 0.717) is 17.4 Å². The highest BCUT2D eigenvalue weighted by Gasteiger charge is 2.27. The fourth-order valence-electron chi connectivity index (χ4n) is 7.71. The van der Waals surface area contributed by atoms with Gasteiger partial charge in [-0.3, -0.25) is 18.6 Å². The SMILES string of the molecule is CCCCCCCC/C=C\CCCCCCCCCC(=O)OCC(COP(=O)(O)OCC[N+](C)(C)C)OC(=O)CCCCCCCCCCCCC/C=C\CCCCCCCCCC. The molecular formula is C54H105NO8P+. The van der Waals surface area contributed by atoms with E-state index in [-0.39, 0.29) is 32.0 Å². The normalized spacial score (nSPS) is 13.5. The van der Waals surface area contributed by atoms with Crippen LogP contribution in [0.3, 0.4) is 0 Å². The highest BCUT2D eigenvalue weighted by atomic mass is 31.2. The van der Waals surface area contributed by atoms with Crippen LogP contribution in [0.1, 0.15) is 258 Å². The van der Waals surface area contributed by atoms with E-state index in [1.165, 1.54) is 193 Å². The Kier molecular flexibility index (Phi) is 45.5. The molecule has 2 unspecified atom stereocenters. The second-order valence-electron chi connectivity index (χ2n) is 19.6. The lowest BCUT2D eigenvalue weighted by Gasteiger charge is -2.24. The Hall–Kier alpha value is -1.51. The van der Waals surface area contributed by atoms with Gasteiger partial charge in [0.15, 0.2) is 6.10 Å². The first-order valence-electron chi connectivity index (χ1n) is 27.1. The van der Waals surface area contributed by atoms with Crippen LogP contribution in [-0.4, -0.2) is 74.9 Å². The summed E-state index contributed by atoms with van der Waals surface area (Å²) >= 11 is 0. The summed E-state index contributed by atoms with van der Waals surface area (Å²) in [5.74, 6) is -0.793. The van der Waals surface area contributed by atoms with Crippen LogP contribution in [0.5, 0.6) is 0 Å². The Morgan fingerprint density at radius 3 is 1.16 bits per heavy atom. The molecule has 10 heteroatoms. The average molecular weight is 927 g/mol. The zero-order valence-electron chi connectivity index (χ0n) is 42.8. The van der Waals surface area contributed by atoms with Gasteiger partial charge in [0, 0.05) is 12.8 Å². The first kappa shape index (κ1) is 62.5. The first-order chi connectivity index (χ1) is 31.0. The smallest absolute Gasteiger partial charge is 0.462 e. The molecule has 0 aromatic heterocycles. The molecular weight excluding hydrogens is 822 g/mol. The van der Waals surface area contributed by atoms with Crippen molar-refractivity contribution in [1.82, 2.24) is 0 Å². The number of rotatable bonds is 50. The minimum atomic E-state index is -4.38. The lowest BCUT2D eigenvalue weighted by Crippen LogP contribution is -2.37. The summed E-state index contributed by atoms with van der Waals surface area (Å²) in [5, 5.41) is 0. The quantitative estimate of drug-likeness (QED) is 0.0211. The molecule has 0 bridgehead atoms. The summed E-state index contributed by atoms with van der Waals surface area (Å²) in [4.78, 5) is 35.6. The first-order valence-corrected chi connectivity index (χ1v) is 28.6. The van der Waals surface area contributed by atoms with Gasteiger partial charge in [-0.15, -0.1) is 0 Å². The number of carbonyl (C=O) groups is 2. The summed E-state index contributed by atoms with van der Waals surface area (Å²) < 4.78 is 34.5. The number of hydrogen-bond donors (Lipinski definition) is 1. The molecule has 378 valence electrons. The Bertz CT molecular complexity index is 1140. The zero-order chi connectivity index (χ0) is 47.1. The van der Waals surface area contributed by atoms with Gasteiger partial charge in [-0.2, -0.15) is 0 Å². The molecule has 0 spiro atoms. The predicted octanol–water partition coefficient (Wildman–Crippen LogP) is 16.3. The highest BCUT2D eigenvalue weighted by molar-refractivity contribution is 7.47. The molecule has 0 aromatic carbocycles. The molecule has 0 amide bonds. The van der Waals surface area contributed by atoms with E-state index >= 15 is 0 Å². The number of phosphoric ester groups is 1. The molecule has 0 heterocycles. The minimum absolute atomic E-state index is 0.0327. The third kappa shape index (κ3) is 49.9. The maximum absolute atomic E-state index is 12.8. The summed E-state index contributed by atoms with van der Waals surface area (Å²) in [7, 11) is 1.48. The van der Waals surface area contributed by atoms with Crippen LogP contribution < -0.4 is 0 Å². The van der Waals surface area contributed by atoms with E-state index in [1.54, 1.807) is 0 Å². The number of allylic oxidation sites excluding steroid dienone is 4. The van der Waals surface area contributed by atoms with Gasteiger partial charge in [0.1, 0.15) is 19.8 Å². The summed E-state index contributed by atoms with van der Waals surface area (Å²) in [6, 6.07) is 0. The number of nitrogens with zero attached hydrogens (tertiary/aromatic N) is 1. The van der Waals surface area contributed by atoms with Crippen LogP contribution in [0.2, 0.25) is 0 Å². The molecule has 0 radical (unpaired) electrons. The fourth-order valence-corrected chi connectivity index (χ4v) is 8.45. The van der Waals surface area contributed by atoms with Crippen molar-refractivity contribution < 1.29 is 42.1 Å². The number of hydrogen-bond acceptors (Lipinski definition) is 7. The number of quaternary nitrogens is 1. The largest absolute Gasteiger partial charge is 0.472 e. The van der Waals surface area contributed by atoms with E-state index in [1.807, 2.05) is 21.1 Å². The molecule has 9 nitrogen and oxygen atoms in total. The molecule has 1 N–H and O–H groups in total. The Labute approximate surface area is 396 Å². The van der Waals surface area contributed by atoms with Crippen molar-refractivity contribution in [2.24, 2.45) is 0 Å². The molecule has 0 fully saturated rings. The van der Waals surface area contributed by atoms with Crippen LogP contribution in [0.15, 0.2) is 24.3 Å². The zero-order valence-corrected chi connectivity index (χ0v) is 43.7. The Balaban J connectivity index is 4.19. The number of ether oxygens (including phenoxy) is 2. The van der Waals surface area contributed by atoms with E-state index < -0.39 is 26.5 Å². The van der Waals surface area contributed by atoms with Gasteiger partial charge >= 0.3 is 19.8 Å². The maximum Gasteiger partial charge on any atom is 0.472 e. The number of esters is 2. The lowest BCUT2D eigenvalue weighted by molar-refractivity contribution is -0.870. The molecule has 0 aliphatic carbocycles. The highest BCUT2D eigenvalue weighted by Crippen LogP contribution is 2.43. The summed E-state index contributed by atoms with van der Waals surface area (Å²) in [5.41, 5.74) is 0. The van der Waals surface area contributed by atoms with Crippen molar-refractivity contribution in [3.05, 3.63) is 24.3 Å². The molecule has 64 heavy (non-hydrogen) atoms. The van der Waals surface area contributed by atoms with E-state index in [9.17, 15) is 19.0 Å². The molecule has 0 rings (SSSR count). The molecule has 0 aliphatic heterocycles. The molecule has 2 atom stereocenters. The van der Waals surface area contributed by atoms with Crippen molar-refractivity contribution in [3.63, 3.8) is 0 Å². The summed E-state index contributed by atoms with van der Waals surface area (Å²) in [6.07, 6.45) is 53.7. The molecule has 0 saturated heterocycles. The monoisotopic (exact) mass is 927 g/mol. The fraction of sp³-hybridized carbons (Fsp3) is 0.889. The van der Waals surface area contributed by atoms with E-state index in [2.05, 4.69) is 38.2 Å². The van der Waals surface area contributed by atoms with Crippen LogP contribution in [0.4, 0.5) is 0 Å². The van der Waals surface area contributed by atoms with Gasteiger partial charge in [0.05, 0.1) is 27.7 Å². The van der Waals surface area contributed by atoms with Crippen LogP contribution in [-0.2, 0) is 32.7 Å². The second kappa shape index (κ2) is 46.6. The molecule has 0 aliphatic rings. The van der Waals surface area contributed by atoms with Gasteiger partial charge in [-0.1, -0.05) is 205 Å². The predicted molar refractivity (Wildman–Crippen MR) is 271 cm³/mol. The third-order valence-corrected chi connectivity index (χ3v) is 12.9. The number of likely N-dealkylation sites (N-methyl/N-ethyl adjacent to an activating group) is 1. The number of carbonyl (C=O) groups excluding carboxylic acids is 2. The van der Waals surface area contributed by atoms with Crippen molar-refractivity contribution in [2.75, 3.05) is 47.5 Å². The van der Waals surface area contributed by atoms with Crippen LogP contribution in [0.25, 0.3) is 0 Å². The van der Waals surface area contributed by atoms with Gasteiger partial charge in [-0.05, 0) is 64.2 Å². The maximum atomic E-state index is 12.8. The number of phosphoric acid groups is 1. The van der Waals surface area contributed by atoms with Crippen LogP contribution in [0, 0.1) is 0 Å². The third-order valence-electron chi connectivity index (χ3n) is 12.0. The van der Waals surface area contributed by atoms with Gasteiger partial charge in [0.25, 0.3) is 0 Å². The number of unbranched alkanes of at least 4 members (excludes halogenated alkanes) is 32. The van der Waals surface area contributed by atoms with Crippen molar-refractivity contribution >= 4 is 19.8 Å². The second-order valence-corrected chi connectivity index (χ2v) is 21.1. The Morgan fingerprint density at radius 1 is 0.469 bits per heavy atom. The van der Waals surface area contributed by atoms with Gasteiger partial charge < -0.3 is 18.9 Å². The van der Waals surface area contributed by atoms with Crippen molar-refractivity contribution in [1.29, 1.82) is 0 Å². The molecule has 0 aromatic rings. The van der Waals surface area contributed by atoms with Gasteiger partial charge in [0.2, 0.25) is 0 Å². The van der Waals surface area contributed by atoms with Crippen molar-refractivity contribution in [2.45, 2.75) is 264 Å². The lowest BCUT2D eigenvalue weighted by atomic mass is 10.0. The standard InChI is InChI=1S/C54H104NO8P/c1-6-8-10-12-14-16-18-20-22-24-25-26-27-28-29-31-33-35-37-39-41-43-45-47-54(57)63-52(51-62-64(58,59)61-49-48-55(3,4)5)50-60-53(56)46-44-42-40-38-36-34-32-30-23-21-19-17-15-13-11-9-7-2/h21,23-25,52H,6-20,22,26-51H2,1-5H3/p+1/b23-21-,25-24-. The van der Waals surface area contributed by atoms with E-state index in [0.717, 1.165) is 32.1 Å². The Morgan fingerprint density at radius 2 is 0.797 bits per heavy atom. The summed E-state index contributed by atoms with van der Waals surface area (Å²) in [6.45, 7) is 4.46. The molecule has 0 saturated carbocycles. The van der Waals surface area contributed by atoms with E-state index in [4.69, 9.17) is 18.5 Å². The minimum Gasteiger partial charge on any atom is -0.462 e. The average Bonchev–Trinajstić information content (AvgIpc) is 3.25. The topological polar surface area (TPSA) is 108 Å². The van der Waals surface area contributed by atoms with Crippen LogP contribution >= 0.6 is 7.82 Å². The van der Waals surface area contributed by atoms with Gasteiger partial charge in [-0.25, -0.2) is 4.57 Å². The van der Waals surface area contributed by atoms with Crippen molar-refractivity contribution in [3.8, 4) is 0 Å².